The summed E-state index contributed by atoms with van der Waals surface area (Å²) in [5, 5.41) is 0. The Kier molecular flexibility index (Phi) is 12.1. The van der Waals surface area contributed by atoms with Crippen molar-refractivity contribution in [2.75, 3.05) is 50.3 Å². The number of phosphoric acid groups is 1. The maximum absolute atomic E-state index is 16.6. The minimum Gasteiger partial charge on any atom is -0.457 e. The normalized spacial score (nSPS) is 17.4. The molecule has 338 valence electrons. The molecule has 5 aromatic rings. The van der Waals surface area contributed by atoms with Gasteiger partial charge in [0.1, 0.15) is 12.2 Å². The number of carbonyl (C=O) groups excluding carboxylic acids is 2. The highest BCUT2D eigenvalue weighted by atomic mass is 31.2. The van der Waals surface area contributed by atoms with E-state index in [1.54, 1.807) is 66.1 Å². The molecule has 14 nitrogen and oxygen atoms in total. The van der Waals surface area contributed by atoms with E-state index >= 15 is 8.78 Å². The number of rotatable bonds is 11. The van der Waals surface area contributed by atoms with Crippen LogP contribution < -0.4 is 15.4 Å². The molecule has 0 radical (unpaired) electrons. The molecular formula is C47H52F2N5O9P. The number of hydrogen-bond acceptors (Lipinski definition) is 12. The first-order valence-corrected chi connectivity index (χ1v) is 22.6. The fourth-order valence-electron chi connectivity index (χ4n) is 8.84. The number of likely N-dealkylation sites (tertiary alicyclic amines) is 1. The van der Waals surface area contributed by atoms with Crippen molar-refractivity contribution in [1.82, 2.24) is 14.3 Å². The predicted molar refractivity (Wildman–Crippen MR) is 237 cm³/mol. The highest BCUT2D eigenvalue weighted by molar-refractivity contribution is 7.48. The van der Waals surface area contributed by atoms with Crippen molar-refractivity contribution in [3.05, 3.63) is 117 Å². The Bertz CT molecular complexity index is 2730. The van der Waals surface area contributed by atoms with Gasteiger partial charge in [-0.1, -0.05) is 36.4 Å². The number of fused-ring (bicyclic) bond motifs is 5. The molecule has 17 heteroatoms. The van der Waals surface area contributed by atoms with Gasteiger partial charge >= 0.3 is 19.9 Å². The monoisotopic (exact) mass is 899 g/mol. The second-order valence-electron chi connectivity index (χ2n) is 18.5. The summed E-state index contributed by atoms with van der Waals surface area (Å²) >= 11 is 0. The van der Waals surface area contributed by atoms with Gasteiger partial charge in [0.15, 0.2) is 11.6 Å². The summed E-state index contributed by atoms with van der Waals surface area (Å²) in [6.45, 7) is 11.4. The number of aromatic nitrogens is 2. The van der Waals surface area contributed by atoms with Gasteiger partial charge < -0.3 is 19.3 Å². The number of pyridine rings is 3. The molecule has 2 fully saturated rings. The number of amides is 1. The Morgan fingerprint density at radius 2 is 1.64 bits per heavy atom. The van der Waals surface area contributed by atoms with Crippen LogP contribution in [0.2, 0.25) is 0 Å². The molecule has 0 unspecified atom stereocenters. The zero-order valence-corrected chi connectivity index (χ0v) is 38.0. The van der Waals surface area contributed by atoms with Crippen LogP contribution in [0.3, 0.4) is 0 Å². The number of hydrogen-bond donors (Lipinski definition) is 0. The van der Waals surface area contributed by atoms with Crippen LogP contribution in [0.4, 0.5) is 25.0 Å². The van der Waals surface area contributed by atoms with Gasteiger partial charge in [0.05, 0.1) is 28.3 Å². The van der Waals surface area contributed by atoms with Crippen molar-refractivity contribution in [2.45, 2.75) is 78.2 Å². The molecule has 1 amide bonds. The zero-order valence-electron chi connectivity index (χ0n) is 37.1. The third-order valence-electron chi connectivity index (χ3n) is 11.4. The van der Waals surface area contributed by atoms with E-state index in [0.717, 1.165) is 36.0 Å². The van der Waals surface area contributed by atoms with Crippen molar-refractivity contribution >= 4 is 36.8 Å². The van der Waals surface area contributed by atoms with Gasteiger partial charge in [0.25, 0.3) is 5.56 Å². The highest BCUT2D eigenvalue weighted by Crippen LogP contribution is 2.56. The van der Waals surface area contributed by atoms with E-state index < -0.39 is 55.1 Å². The highest BCUT2D eigenvalue weighted by Gasteiger charge is 2.44. The number of likely N-dealkylation sites (N-methyl/N-ethyl adjacent to an activating group) is 1. The molecule has 64 heavy (non-hydrogen) atoms. The number of carbonyl (C=O) groups is 2. The van der Waals surface area contributed by atoms with Crippen molar-refractivity contribution < 1.29 is 46.0 Å². The number of phosphoric ester groups is 1. The maximum Gasteiger partial charge on any atom is 0.478 e. The van der Waals surface area contributed by atoms with Crippen molar-refractivity contribution in [3.8, 4) is 22.3 Å². The molecule has 0 bridgehead atoms. The van der Waals surface area contributed by atoms with Crippen LogP contribution in [0.25, 0.3) is 27.8 Å². The molecule has 0 N–H and O–H groups in total. The van der Waals surface area contributed by atoms with Crippen molar-refractivity contribution in [3.63, 3.8) is 0 Å². The average Bonchev–Trinajstić information content (AvgIpc) is 3.92. The van der Waals surface area contributed by atoms with Gasteiger partial charge in [-0.2, -0.15) is 0 Å². The van der Waals surface area contributed by atoms with Crippen LogP contribution in [-0.2, 0) is 40.6 Å². The number of halogens is 2. The van der Waals surface area contributed by atoms with E-state index in [1.807, 2.05) is 36.4 Å². The summed E-state index contributed by atoms with van der Waals surface area (Å²) in [7, 11) is -0.837. The lowest BCUT2D eigenvalue weighted by molar-refractivity contribution is -0.0275. The maximum atomic E-state index is 16.6. The molecule has 2 aromatic carbocycles. The standard InChI is InChI=1S/C47H52F2N5O9P/c1-46(2,3)62-64(58,63-47(4,5)6)61-27-60-45(57)52(8)37-21-35(48)41(49)39-33(37)20-36-40(39)42(53-19-18-30-23-51(7)25-38(30)53)34(22-50-36)29-14-15-31-16-17-32(43(55)54(31)24-29)44(56)59-26-28-12-10-9-11-13-28/h9-17,21-22,24,30,38H,18-20,23,25-27H2,1-8H3/t30-,38+/m0/s1. The van der Waals surface area contributed by atoms with Crippen LogP contribution in [0.5, 0.6) is 0 Å². The van der Waals surface area contributed by atoms with Crippen LogP contribution >= 0.6 is 7.82 Å². The minimum absolute atomic E-state index is 0.00566. The van der Waals surface area contributed by atoms with E-state index in [4.69, 9.17) is 28.0 Å². The number of nitrogens with zero attached hydrogens (tertiary/aromatic N) is 5. The van der Waals surface area contributed by atoms with Gasteiger partial charge in [0, 0.05) is 85.4 Å². The lowest BCUT2D eigenvalue weighted by Gasteiger charge is -2.31. The molecule has 8 rings (SSSR count). The smallest absolute Gasteiger partial charge is 0.457 e. The molecule has 3 aliphatic rings. The SMILES string of the molecule is CN1C[C@@H]2CCN(c3c(-c4ccc5ccc(C(=O)OCc6ccccc6)c(=O)n5c4)cnc4c3-c3c(F)c(F)cc(N(C)C(=O)OCOP(=O)(OC(C)(C)C)OC(C)(C)C)c3C4)[C@@H]2C1. The third kappa shape index (κ3) is 9.07. The summed E-state index contributed by atoms with van der Waals surface area (Å²) < 4.78 is 75.0. The van der Waals surface area contributed by atoms with Crippen LogP contribution in [0, 0.1) is 17.6 Å². The lowest BCUT2D eigenvalue weighted by atomic mass is 9.96. The van der Waals surface area contributed by atoms with E-state index in [2.05, 4.69) is 16.8 Å². The summed E-state index contributed by atoms with van der Waals surface area (Å²) in [6.07, 6.45) is 3.22. The average molecular weight is 900 g/mol. The van der Waals surface area contributed by atoms with Gasteiger partial charge in [-0.3, -0.25) is 28.1 Å². The summed E-state index contributed by atoms with van der Waals surface area (Å²) in [4.78, 5) is 51.1. The second kappa shape index (κ2) is 17.1. The first-order chi connectivity index (χ1) is 30.2. The van der Waals surface area contributed by atoms with Crippen molar-refractivity contribution in [1.29, 1.82) is 0 Å². The van der Waals surface area contributed by atoms with Gasteiger partial charge in [-0.25, -0.2) is 27.5 Å². The molecule has 3 aromatic heterocycles. The molecule has 2 aliphatic heterocycles. The lowest BCUT2D eigenvalue weighted by Crippen LogP contribution is -2.35. The Hall–Kier alpha value is -5.51. The number of anilines is 2. The predicted octanol–water partition coefficient (Wildman–Crippen LogP) is 8.99. The Morgan fingerprint density at radius 1 is 0.938 bits per heavy atom. The molecule has 2 atom stereocenters. The Morgan fingerprint density at radius 3 is 2.34 bits per heavy atom. The largest absolute Gasteiger partial charge is 0.478 e. The molecule has 0 spiro atoms. The molecule has 2 saturated heterocycles. The number of esters is 1. The topological polar surface area (TPSA) is 141 Å². The minimum atomic E-state index is -4.24. The fraction of sp³-hybridized carbons (Fsp3) is 0.404. The van der Waals surface area contributed by atoms with Gasteiger partial charge in [0.2, 0.25) is 6.79 Å². The number of ether oxygens (including phenoxy) is 2. The zero-order chi connectivity index (χ0) is 45.9. The third-order valence-corrected chi connectivity index (χ3v) is 13.4. The van der Waals surface area contributed by atoms with Crippen LogP contribution in [-0.4, -0.2) is 84.1 Å². The van der Waals surface area contributed by atoms with Gasteiger partial charge in [-0.15, -0.1) is 0 Å². The van der Waals surface area contributed by atoms with Crippen LogP contribution in [0.1, 0.15) is 75.1 Å². The van der Waals surface area contributed by atoms with E-state index in [9.17, 15) is 18.9 Å². The Balaban J connectivity index is 1.17. The number of benzene rings is 2. The fourth-order valence-corrected chi connectivity index (χ4v) is 10.5. The molecular weight excluding hydrogens is 848 g/mol. The second-order valence-corrected chi connectivity index (χ2v) is 20.0. The van der Waals surface area contributed by atoms with Crippen molar-refractivity contribution in [2.24, 2.45) is 5.92 Å². The molecule has 5 heterocycles. The first-order valence-electron chi connectivity index (χ1n) is 21.1. The summed E-state index contributed by atoms with van der Waals surface area (Å²) in [5.74, 6) is -2.74. The van der Waals surface area contributed by atoms with E-state index in [1.165, 1.54) is 17.5 Å². The van der Waals surface area contributed by atoms with Crippen LogP contribution in [0.15, 0.2) is 77.9 Å². The van der Waals surface area contributed by atoms with E-state index in [0.29, 0.717) is 51.6 Å². The first kappa shape index (κ1) is 45.1. The molecule has 0 saturated carbocycles. The molecule has 1 aliphatic carbocycles. The Labute approximate surface area is 370 Å². The van der Waals surface area contributed by atoms with Gasteiger partial charge in [-0.05, 0) is 90.3 Å². The summed E-state index contributed by atoms with van der Waals surface area (Å²) in [5.41, 5.74) is 1.61. The van der Waals surface area contributed by atoms with E-state index in [-0.39, 0.29) is 35.9 Å². The summed E-state index contributed by atoms with van der Waals surface area (Å²) in [6, 6.07) is 16.8. The quantitative estimate of drug-likeness (QED) is 0.0696.